The molecule has 4 nitrogen and oxygen atoms in total. The lowest BCUT2D eigenvalue weighted by Crippen LogP contribution is -2.38. The predicted molar refractivity (Wildman–Crippen MR) is 86.4 cm³/mol. The summed E-state index contributed by atoms with van der Waals surface area (Å²) in [5, 5.41) is 5.48. The van der Waals surface area contributed by atoms with Crippen molar-refractivity contribution in [2.75, 3.05) is 11.4 Å². The average molecular weight is 355 g/mol. The number of rotatable bonds is 4. The van der Waals surface area contributed by atoms with Gasteiger partial charge in [0.1, 0.15) is 0 Å². The van der Waals surface area contributed by atoms with E-state index in [2.05, 4.69) is 37.8 Å². The van der Waals surface area contributed by atoms with Crippen LogP contribution in [0.3, 0.4) is 0 Å². The fourth-order valence-corrected chi connectivity index (χ4v) is 4.09. The van der Waals surface area contributed by atoms with E-state index in [1.165, 1.54) is 35.7 Å². The van der Waals surface area contributed by atoms with Crippen LogP contribution < -0.4 is 4.90 Å². The minimum atomic E-state index is 0.668. The van der Waals surface area contributed by atoms with E-state index in [1.54, 1.807) is 11.3 Å². The highest BCUT2D eigenvalue weighted by atomic mass is 79.9. The SMILES string of the molecule is CCC1CCCCN1c1ncc(Cn2cc(Br)cn2)s1. The third-order valence-electron chi connectivity index (χ3n) is 3.81. The summed E-state index contributed by atoms with van der Waals surface area (Å²) in [4.78, 5) is 8.39. The van der Waals surface area contributed by atoms with E-state index in [1.807, 2.05) is 23.3 Å². The standard InChI is InChI=1S/C14H19BrN4S/c1-2-12-5-3-4-6-19(12)14-16-8-13(20-14)10-18-9-11(15)7-17-18/h7-9,12H,2-6,10H2,1H3. The summed E-state index contributed by atoms with van der Waals surface area (Å²) < 4.78 is 2.96. The number of thiazole rings is 1. The lowest BCUT2D eigenvalue weighted by Gasteiger charge is -2.34. The van der Waals surface area contributed by atoms with Crippen LogP contribution in [0.1, 0.15) is 37.5 Å². The molecule has 0 saturated carbocycles. The first-order valence-corrected chi connectivity index (χ1v) is 8.76. The van der Waals surface area contributed by atoms with Gasteiger partial charge in [-0.05, 0) is 41.6 Å². The topological polar surface area (TPSA) is 34.0 Å². The molecule has 1 atom stereocenters. The van der Waals surface area contributed by atoms with Crippen molar-refractivity contribution in [1.82, 2.24) is 14.8 Å². The summed E-state index contributed by atoms with van der Waals surface area (Å²) in [7, 11) is 0. The van der Waals surface area contributed by atoms with Gasteiger partial charge in [0.2, 0.25) is 0 Å². The zero-order chi connectivity index (χ0) is 13.9. The van der Waals surface area contributed by atoms with Crippen molar-refractivity contribution in [2.45, 2.75) is 45.2 Å². The van der Waals surface area contributed by atoms with Gasteiger partial charge in [-0.3, -0.25) is 4.68 Å². The van der Waals surface area contributed by atoms with Crippen molar-refractivity contribution in [1.29, 1.82) is 0 Å². The maximum Gasteiger partial charge on any atom is 0.185 e. The van der Waals surface area contributed by atoms with E-state index in [4.69, 9.17) is 0 Å². The smallest absolute Gasteiger partial charge is 0.185 e. The largest absolute Gasteiger partial charge is 0.345 e. The van der Waals surface area contributed by atoms with E-state index < -0.39 is 0 Å². The summed E-state index contributed by atoms with van der Waals surface area (Å²) in [6.45, 7) is 4.23. The molecule has 0 radical (unpaired) electrons. The van der Waals surface area contributed by atoms with Crippen molar-refractivity contribution in [3.63, 3.8) is 0 Å². The van der Waals surface area contributed by atoms with Crippen LogP contribution in [0.25, 0.3) is 0 Å². The Morgan fingerprint density at radius 2 is 2.30 bits per heavy atom. The number of hydrogen-bond donors (Lipinski definition) is 0. The Morgan fingerprint density at radius 1 is 1.40 bits per heavy atom. The molecular weight excluding hydrogens is 336 g/mol. The van der Waals surface area contributed by atoms with Crippen LogP contribution in [-0.2, 0) is 6.54 Å². The molecule has 1 aliphatic rings. The Bertz CT molecular complexity index is 565. The van der Waals surface area contributed by atoms with E-state index in [0.717, 1.165) is 17.6 Å². The van der Waals surface area contributed by atoms with Gasteiger partial charge in [0.05, 0.1) is 17.2 Å². The summed E-state index contributed by atoms with van der Waals surface area (Å²) in [6, 6.07) is 0.668. The zero-order valence-electron chi connectivity index (χ0n) is 11.6. The van der Waals surface area contributed by atoms with E-state index in [-0.39, 0.29) is 0 Å². The van der Waals surface area contributed by atoms with Gasteiger partial charge >= 0.3 is 0 Å². The highest BCUT2D eigenvalue weighted by Gasteiger charge is 2.23. The van der Waals surface area contributed by atoms with Crippen LogP contribution in [0.5, 0.6) is 0 Å². The van der Waals surface area contributed by atoms with Gasteiger partial charge < -0.3 is 4.90 Å². The average Bonchev–Trinajstić information content (AvgIpc) is 3.08. The molecule has 1 aliphatic heterocycles. The maximum absolute atomic E-state index is 4.63. The minimum Gasteiger partial charge on any atom is -0.345 e. The molecule has 1 fully saturated rings. The molecule has 108 valence electrons. The Labute approximate surface area is 131 Å². The van der Waals surface area contributed by atoms with Crippen molar-refractivity contribution in [2.24, 2.45) is 0 Å². The predicted octanol–water partition coefficient (Wildman–Crippen LogP) is 3.92. The number of nitrogens with zero attached hydrogens (tertiary/aromatic N) is 4. The van der Waals surface area contributed by atoms with Gasteiger partial charge in [-0.1, -0.05) is 18.3 Å². The molecule has 3 rings (SSSR count). The highest BCUT2D eigenvalue weighted by Crippen LogP contribution is 2.30. The molecule has 0 aromatic carbocycles. The van der Waals surface area contributed by atoms with Crippen LogP contribution in [-0.4, -0.2) is 27.4 Å². The summed E-state index contributed by atoms with van der Waals surface area (Å²) in [5.41, 5.74) is 0. The van der Waals surface area contributed by atoms with Crippen molar-refractivity contribution in [3.8, 4) is 0 Å². The number of hydrogen-bond acceptors (Lipinski definition) is 4. The second-order valence-corrected chi connectivity index (χ2v) is 7.23. The summed E-state index contributed by atoms with van der Waals surface area (Å²) in [6.07, 6.45) is 11.0. The number of piperidine rings is 1. The van der Waals surface area contributed by atoms with E-state index in [0.29, 0.717) is 6.04 Å². The Kier molecular flexibility index (Phi) is 4.41. The fraction of sp³-hybridized carbons (Fsp3) is 0.571. The third-order valence-corrected chi connectivity index (χ3v) is 5.23. The third kappa shape index (κ3) is 3.06. The molecule has 1 unspecified atom stereocenters. The van der Waals surface area contributed by atoms with Gasteiger partial charge in [-0.25, -0.2) is 4.98 Å². The quantitative estimate of drug-likeness (QED) is 0.834. The molecule has 1 saturated heterocycles. The van der Waals surface area contributed by atoms with Crippen LogP contribution in [0.15, 0.2) is 23.1 Å². The second kappa shape index (κ2) is 6.26. The first-order chi connectivity index (χ1) is 9.76. The van der Waals surface area contributed by atoms with Crippen LogP contribution in [0.4, 0.5) is 5.13 Å². The monoisotopic (exact) mass is 354 g/mol. The van der Waals surface area contributed by atoms with Gasteiger partial charge in [-0.2, -0.15) is 5.10 Å². The Morgan fingerprint density at radius 3 is 3.05 bits per heavy atom. The summed E-state index contributed by atoms with van der Waals surface area (Å²) in [5.74, 6) is 0. The van der Waals surface area contributed by atoms with Gasteiger partial charge in [0.15, 0.2) is 5.13 Å². The molecule has 0 N–H and O–H groups in total. The van der Waals surface area contributed by atoms with Crippen LogP contribution in [0.2, 0.25) is 0 Å². The molecule has 2 aromatic rings. The minimum absolute atomic E-state index is 0.668. The molecule has 2 aromatic heterocycles. The zero-order valence-corrected chi connectivity index (χ0v) is 14.0. The molecule has 0 amide bonds. The maximum atomic E-state index is 4.63. The lowest BCUT2D eigenvalue weighted by atomic mass is 10.0. The molecule has 0 aliphatic carbocycles. The van der Waals surface area contributed by atoms with Gasteiger partial charge in [-0.15, -0.1) is 0 Å². The van der Waals surface area contributed by atoms with E-state index in [9.17, 15) is 0 Å². The number of halogens is 1. The fourth-order valence-electron chi connectivity index (χ4n) is 2.76. The van der Waals surface area contributed by atoms with Crippen LogP contribution >= 0.6 is 27.3 Å². The first kappa shape index (κ1) is 14.1. The molecule has 0 spiro atoms. The molecule has 6 heteroatoms. The Hall–Kier alpha value is -0.880. The highest BCUT2D eigenvalue weighted by molar-refractivity contribution is 9.10. The lowest BCUT2D eigenvalue weighted by molar-refractivity contribution is 0.449. The molecule has 3 heterocycles. The molecule has 20 heavy (non-hydrogen) atoms. The van der Waals surface area contributed by atoms with Crippen molar-refractivity contribution in [3.05, 3.63) is 27.9 Å². The van der Waals surface area contributed by atoms with Crippen molar-refractivity contribution >= 4 is 32.4 Å². The Balaban J connectivity index is 1.72. The second-order valence-electron chi connectivity index (χ2n) is 5.22. The van der Waals surface area contributed by atoms with Crippen LogP contribution in [0, 0.1) is 0 Å². The molecular formula is C14H19BrN4S. The van der Waals surface area contributed by atoms with E-state index >= 15 is 0 Å². The number of aromatic nitrogens is 3. The normalized spacial score (nSPS) is 19.5. The van der Waals surface area contributed by atoms with Crippen molar-refractivity contribution < 1.29 is 0 Å². The van der Waals surface area contributed by atoms with Gasteiger partial charge in [0, 0.05) is 29.9 Å². The van der Waals surface area contributed by atoms with Gasteiger partial charge in [0.25, 0.3) is 0 Å². The number of anilines is 1. The summed E-state index contributed by atoms with van der Waals surface area (Å²) >= 11 is 5.23. The molecule has 0 bridgehead atoms. The first-order valence-electron chi connectivity index (χ1n) is 7.15.